The van der Waals surface area contributed by atoms with Gasteiger partial charge in [0.25, 0.3) is 5.69 Å². The van der Waals surface area contributed by atoms with Crippen LogP contribution >= 0.6 is 0 Å². The Labute approximate surface area is 94.5 Å². The Morgan fingerprint density at radius 3 is 2.62 bits per heavy atom. The van der Waals surface area contributed by atoms with Crippen LogP contribution < -0.4 is 4.74 Å². The minimum atomic E-state index is -0.523. The molecule has 0 fully saturated rings. The van der Waals surface area contributed by atoms with Gasteiger partial charge < -0.3 is 17.4 Å². The number of benzene rings is 1. The van der Waals surface area contributed by atoms with Crippen LogP contribution in [0.1, 0.15) is 0 Å². The third kappa shape index (κ3) is 2.92. The quantitative estimate of drug-likeness (QED) is 0.450. The van der Waals surface area contributed by atoms with Gasteiger partial charge in [0.1, 0.15) is 5.75 Å². The smallest absolute Gasteiger partial charge is 0.254 e. The number of hydrogen-bond donors (Lipinski definition) is 0. The van der Waals surface area contributed by atoms with Crippen molar-refractivity contribution in [3.63, 3.8) is 0 Å². The van der Waals surface area contributed by atoms with Gasteiger partial charge in [0.05, 0.1) is 18.1 Å². The molecule has 0 aromatic heterocycles. The normalized spacial score (nSPS) is 8.69. The summed E-state index contributed by atoms with van der Waals surface area (Å²) in [5.74, 6) is 0.440. The summed E-state index contributed by atoms with van der Waals surface area (Å²) in [5, 5.41) is 10.4. The molecule has 13 heavy (non-hydrogen) atoms. The van der Waals surface area contributed by atoms with Crippen LogP contribution in [0.2, 0.25) is 0 Å². The van der Waals surface area contributed by atoms with Gasteiger partial charge in [-0.05, 0) is 6.07 Å². The monoisotopic (exact) mass is 371 g/mol. The number of methoxy groups -OCH3 is 1. The number of ether oxygens (including phenoxy) is 1. The molecule has 0 aliphatic carbocycles. The fraction of sp³-hybridized carbons (Fsp3) is 0.143. The summed E-state index contributed by atoms with van der Waals surface area (Å²) in [6.07, 6.45) is 0. The number of rotatable bonds is 2. The number of nitro groups is 1. The SMILES string of the molecule is COc1ccc([S-])c([N+](=O)[O-])c1.[Re]. The second-order valence-corrected chi connectivity index (χ2v) is 2.53. The van der Waals surface area contributed by atoms with Gasteiger partial charge in [-0.2, -0.15) is 0 Å². The van der Waals surface area contributed by atoms with E-state index < -0.39 is 4.92 Å². The van der Waals surface area contributed by atoms with Crippen LogP contribution in [-0.4, -0.2) is 12.0 Å². The molecule has 0 unspecified atom stereocenters. The van der Waals surface area contributed by atoms with Gasteiger partial charge in [0, 0.05) is 20.4 Å². The molecular weight excluding hydrogens is 364 g/mol. The van der Waals surface area contributed by atoms with Crippen molar-refractivity contribution in [1.29, 1.82) is 0 Å². The minimum Gasteiger partial charge on any atom is -0.773 e. The maximum atomic E-state index is 10.4. The van der Waals surface area contributed by atoms with Gasteiger partial charge >= 0.3 is 0 Å². The van der Waals surface area contributed by atoms with E-state index in [2.05, 4.69) is 0 Å². The Morgan fingerprint density at radius 1 is 1.54 bits per heavy atom. The first-order valence-corrected chi connectivity index (χ1v) is 3.55. The summed E-state index contributed by atoms with van der Waals surface area (Å²) >= 11 is 4.74. The van der Waals surface area contributed by atoms with Gasteiger partial charge in [-0.15, -0.1) is 0 Å². The molecule has 0 aliphatic rings. The van der Waals surface area contributed by atoms with Crippen molar-refractivity contribution in [2.75, 3.05) is 7.11 Å². The van der Waals surface area contributed by atoms with Crippen LogP contribution in [0.15, 0.2) is 23.1 Å². The van der Waals surface area contributed by atoms with Crippen molar-refractivity contribution < 1.29 is 30.1 Å². The van der Waals surface area contributed by atoms with E-state index in [1.54, 1.807) is 6.07 Å². The molecule has 71 valence electrons. The van der Waals surface area contributed by atoms with Crippen molar-refractivity contribution in [3.8, 4) is 5.75 Å². The standard InChI is InChI=1S/C7H7NO3S.Re/c1-11-5-2-3-7(12)6(4-5)8(9)10;/h2-4,12H,1H3;/p-1. The van der Waals surface area contributed by atoms with Gasteiger partial charge in [-0.25, -0.2) is 0 Å². The fourth-order valence-electron chi connectivity index (χ4n) is 0.767. The van der Waals surface area contributed by atoms with Gasteiger partial charge in [0.15, 0.2) is 0 Å². The van der Waals surface area contributed by atoms with E-state index >= 15 is 0 Å². The molecule has 4 nitrogen and oxygen atoms in total. The zero-order valence-corrected chi connectivity index (χ0v) is 10.2. The Balaban J connectivity index is 0.00000144. The largest absolute Gasteiger partial charge is 0.773 e. The van der Waals surface area contributed by atoms with Crippen LogP contribution in [0.4, 0.5) is 5.69 Å². The van der Waals surface area contributed by atoms with Crippen molar-refractivity contribution in [1.82, 2.24) is 0 Å². The van der Waals surface area contributed by atoms with E-state index in [0.717, 1.165) is 0 Å². The molecule has 1 radical (unpaired) electrons. The van der Waals surface area contributed by atoms with E-state index in [4.69, 9.17) is 17.4 Å². The topological polar surface area (TPSA) is 52.4 Å². The predicted octanol–water partition coefficient (Wildman–Crippen LogP) is 1.51. The molecule has 0 aliphatic heterocycles. The first-order chi connectivity index (χ1) is 5.65. The van der Waals surface area contributed by atoms with Crippen LogP contribution in [0, 0.1) is 10.1 Å². The first kappa shape index (κ1) is 12.3. The summed E-state index contributed by atoms with van der Waals surface area (Å²) in [7, 11) is 1.45. The summed E-state index contributed by atoms with van der Waals surface area (Å²) in [4.78, 5) is 10.1. The molecular formula is C7H6NO3ReS-. The molecule has 1 aromatic rings. The van der Waals surface area contributed by atoms with Gasteiger partial charge in [-0.3, -0.25) is 10.1 Å². The van der Waals surface area contributed by atoms with E-state index in [1.165, 1.54) is 19.2 Å². The number of nitro benzene ring substituents is 1. The molecule has 0 saturated carbocycles. The van der Waals surface area contributed by atoms with Crippen LogP contribution in [0.5, 0.6) is 5.75 Å². The molecule has 0 spiro atoms. The molecule has 0 N–H and O–H groups in total. The molecule has 0 amide bonds. The van der Waals surface area contributed by atoms with Crippen LogP contribution in [-0.2, 0) is 33.1 Å². The minimum absolute atomic E-state index is 0. The molecule has 1 rings (SSSR count). The maximum Gasteiger partial charge on any atom is 0.254 e. The van der Waals surface area contributed by atoms with E-state index in [-0.39, 0.29) is 31.0 Å². The van der Waals surface area contributed by atoms with Crippen molar-refractivity contribution >= 4 is 18.3 Å². The predicted molar refractivity (Wildman–Crippen MR) is 45.3 cm³/mol. The molecule has 6 heteroatoms. The van der Waals surface area contributed by atoms with Gasteiger partial charge in [0.2, 0.25) is 0 Å². The molecule has 0 saturated heterocycles. The summed E-state index contributed by atoms with van der Waals surface area (Å²) in [5.41, 5.74) is -0.0932. The summed E-state index contributed by atoms with van der Waals surface area (Å²) < 4.78 is 4.81. The summed E-state index contributed by atoms with van der Waals surface area (Å²) in [6, 6.07) is 4.38. The molecule has 0 heterocycles. The molecule has 1 aromatic carbocycles. The molecule has 0 bridgehead atoms. The average molecular weight is 370 g/mol. The Kier molecular flexibility index (Phi) is 4.85. The van der Waals surface area contributed by atoms with E-state index in [1.807, 2.05) is 0 Å². The first-order valence-electron chi connectivity index (χ1n) is 3.14. The third-order valence-corrected chi connectivity index (χ3v) is 1.71. The second-order valence-electron chi connectivity index (χ2n) is 2.09. The second kappa shape index (κ2) is 5.12. The van der Waals surface area contributed by atoms with E-state index in [0.29, 0.717) is 5.75 Å². The van der Waals surface area contributed by atoms with Crippen molar-refractivity contribution in [2.45, 2.75) is 4.90 Å². The maximum absolute atomic E-state index is 10.4. The average Bonchev–Trinajstić information content (AvgIpc) is 2.05. The fourth-order valence-corrected chi connectivity index (χ4v) is 0.968. The number of nitrogens with zero attached hydrogens (tertiary/aromatic N) is 1. The number of hydrogen-bond acceptors (Lipinski definition) is 4. The zero-order valence-electron chi connectivity index (χ0n) is 6.69. The Bertz CT molecular complexity index is 319. The van der Waals surface area contributed by atoms with Crippen molar-refractivity contribution in [3.05, 3.63) is 28.3 Å². The zero-order chi connectivity index (χ0) is 9.14. The third-order valence-electron chi connectivity index (χ3n) is 1.36. The van der Waals surface area contributed by atoms with Crippen LogP contribution in [0.25, 0.3) is 0 Å². The Morgan fingerprint density at radius 2 is 2.15 bits per heavy atom. The summed E-state index contributed by atoms with van der Waals surface area (Å²) in [6.45, 7) is 0. The van der Waals surface area contributed by atoms with E-state index in [9.17, 15) is 10.1 Å². The molecule has 0 atom stereocenters. The van der Waals surface area contributed by atoms with Gasteiger partial charge in [-0.1, -0.05) is 11.0 Å². The Hall–Kier alpha value is -0.698. The van der Waals surface area contributed by atoms with Crippen LogP contribution in [0.3, 0.4) is 0 Å². The van der Waals surface area contributed by atoms with Crippen molar-refractivity contribution in [2.24, 2.45) is 0 Å².